The highest BCUT2D eigenvalue weighted by Crippen LogP contribution is 2.54. The van der Waals surface area contributed by atoms with E-state index < -0.39 is 22.7 Å². The summed E-state index contributed by atoms with van der Waals surface area (Å²) >= 11 is 0. The van der Waals surface area contributed by atoms with E-state index in [1.54, 1.807) is 53.2 Å². The van der Waals surface area contributed by atoms with Crippen LogP contribution < -0.4 is 58.1 Å². The summed E-state index contributed by atoms with van der Waals surface area (Å²) in [6.45, 7) is 10.3. The van der Waals surface area contributed by atoms with Gasteiger partial charge in [-0.2, -0.15) is 0 Å². The average molecular weight is 1840 g/mol. The summed E-state index contributed by atoms with van der Waals surface area (Å²) < 4.78 is 82.8. The number of likely N-dealkylation sites (N-methyl/N-ethyl adjacent to an activating group) is 2. The number of fused-ring (bicyclic) bond motifs is 4. The summed E-state index contributed by atoms with van der Waals surface area (Å²) in [4.78, 5) is 72.7. The van der Waals surface area contributed by atoms with Crippen molar-refractivity contribution in [2.75, 3.05) is 187 Å². The zero-order chi connectivity index (χ0) is 93.3. The number of aliphatic hydroxyl groups excluding tert-OH is 4. The molecule has 28 nitrogen and oxygen atoms in total. The van der Waals surface area contributed by atoms with Gasteiger partial charge in [0.05, 0.1) is 101 Å². The van der Waals surface area contributed by atoms with E-state index in [1.165, 1.54) is 22.3 Å². The van der Waals surface area contributed by atoms with Crippen molar-refractivity contribution in [2.45, 2.75) is 181 Å². The fraction of sp³-hybridized carbons (Fsp3) is 0.495. The van der Waals surface area contributed by atoms with Crippen molar-refractivity contribution in [3.63, 3.8) is 0 Å². The molecule has 8 aromatic heterocycles. The van der Waals surface area contributed by atoms with Crippen LogP contribution in [0.3, 0.4) is 0 Å². The Morgan fingerprint density at radius 1 is 0.333 bits per heavy atom. The number of hydrogen-bond donors (Lipinski definition) is 4. The topological polar surface area (TPSA) is 298 Å². The normalized spacial score (nSPS) is 20.2. The maximum absolute atomic E-state index is 15.4. The van der Waals surface area contributed by atoms with E-state index in [0.717, 1.165) is 227 Å². The molecule has 32 heteroatoms. The van der Waals surface area contributed by atoms with Crippen LogP contribution in [-0.2, 0) is 22.7 Å². The minimum Gasteiger partial charge on any atom is -0.496 e. The largest absolute Gasteiger partial charge is 0.496 e. The number of hydrogen-bond acceptors (Lipinski definition) is 28. The number of piperidine rings is 4. The number of alkyl halides is 4. The molecule has 0 amide bonds. The lowest BCUT2D eigenvalue weighted by molar-refractivity contribution is 0.0512. The molecule has 6 aliphatic heterocycles. The molecule has 4 aliphatic carbocycles. The van der Waals surface area contributed by atoms with E-state index in [-0.39, 0.29) is 48.7 Å². The molecule has 4 saturated carbocycles. The highest BCUT2D eigenvalue weighted by atomic mass is 19.2. The molecule has 0 spiro atoms. The van der Waals surface area contributed by atoms with E-state index >= 15 is 13.2 Å². The Hall–Kier alpha value is -12.0. The third kappa shape index (κ3) is 19.7. The van der Waals surface area contributed by atoms with Crippen LogP contribution in [0.2, 0.25) is 0 Å². The van der Waals surface area contributed by atoms with Gasteiger partial charge in [-0.15, -0.1) is 0 Å². The van der Waals surface area contributed by atoms with Crippen molar-refractivity contribution >= 4 is 90.2 Å². The molecular formula is C103H122F4N20O8. The van der Waals surface area contributed by atoms with Crippen LogP contribution in [0, 0.1) is 0 Å². The van der Waals surface area contributed by atoms with Crippen molar-refractivity contribution < 1.29 is 56.9 Å². The predicted molar refractivity (Wildman–Crippen MR) is 517 cm³/mol. The van der Waals surface area contributed by atoms with E-state index in [2.05, 4.69) is 118 Å². The van der Waals surface area contributed by atoms with Gasteiger partial charge in [0.2, 0.25) is 0 Å². The molecule has 0 unspecified atom stereocenters. The fourth-order valence-electron chi connectivity index (χ4n) is 20.3. The number of aromatic nitrogens is 12. The van der Waals surface area contributed by atoms with Crippen molar-refractivity contribution in [3.8, 4) is 23.0 Å². The van der Waals surface area contributed by atoms with Crippen LogP contribution >= 0.6 is 0 Å². The quantitative estimate of drug-likeness (QED) is 0.0409. The Kier molecular flexibility index (Phi) is 26.9. The van der Waals surface area contributed by atoms with Crippen LogP contribution in [0.4, 0.5) is 64.1 Å². The van der Waals surface area contributed by atoms with Gasteiger partial charge in [0.1, 0.15) is 69.5 Å². The van der Waals surface area contributed by atoms with Gasteiger partial charge in [-0.3, -0.25) is 0 Å². The molecular weight excluding hydrogens is 1720 g/mol. The number of para-hydroxylation sites is 4. The lowest BCUT2D eigenvalue weighted by Crippen LogP contribution is -2.36. The summed E-state index contributed by atoms with van der Waals surface area (Å²) in [5.74, 6) is 12.8. The summed E-state index contributed by atoms with van der Waals surface area (Å²) in [5.41, 5.74) is 2.00. The monoisotopic (exact) mass is 1840 g/mol. The number of aliphatic hydroxyl groups is 4. The SMILES string of the molecule is COc1ccccc1C1CCN(c2nc(C3(F)CC3)nc3cnc(N(C)CCO)cc23)CC1.COc1ccccc1C1CCN(c2nc(C3(F)CC3)nc3cnc(N4CC[C@@H](O)C4)cc23)CC1.COc1ccccc1C1CCN(c2nc(C3(F)CC3)nc3cnc(N4CC[C@H](O)C4)cc23)CC1.COc1ccccc1C1CCN(c2nc(C3(F)CCC3)nc3cnc(N(C)CCO)cc23)CC1. The van der Waals surface area contributed by atoms with Gasteiger partial charge in [0.25, 0.3) is 0 Å². The second-order valence-corrected chi connectivity index (χ2v) is 38.0. The molecule has 6 saturated heterocycles. The number of ether oxygens (including phenoxy) is 4. The van der Waals surface area contributed by atoms with Crippen LogP contribution in [0.1, 0.15) is 191 Å². The number of methoxy groups -OCH3 is 4. The van der Waals surface area contributed by atoms with Gasteiger partial charge in [-0.25, -0.2) is 77.4 Å². The Morgan fingerprint density at radius 2 is 0.585 bits per heavy atom. The molecule has 14 heterocycles. The van der Waals surface area contributed by atoms with Crippen molar-refractivity contribution in [1.82, 2.24) is 59.8 Å². The van der Waals surface area contributed by atoms with Gasteiger partial charge in [-0.05, 0) is 216 Å². The van der Waals surface area contributed by atoms with Crippen LogP contribution in [0.15, 0.2) is 146 Å². The Balaban J connectivity index is 0.000000116. The summed E-state index contributed by atoms with van der Waals surface area (Å²) in [6.07, 6.45) is 20.1. The lowest BCUT2D eigenvalue weighted by atomic mass is 9.81. The van der Waals surface area contributed by atoms with Gasteiger partial charge < -0.3 is 78.6 Å². The summed E-state index contributed by atoms with van der Waals surface area (Å²) in [7, 11) is 10.7. The van der Waals surface area contributed by atoms with Gasteiger partial charge >= 0.3 is 0 Å². The van der Waals surface area contributed by atoms with Gasteiger partial charge in [0.15, 0.2) is 46.0 Å². The van der Waals surface area contributed by atoms with E-state index in [9.17, 15) is 24.8 Å². The Labute approximate surface area is 784 Å². The molecule has 4 N–H and O–H groups in total. The number of β-amino-alcohol motifs (C(OH)–C–C–N with tert-alkyl or cyclic N) is 2. The van der Waals surface area contributed by atoms with E-state index in [1.807, 2.05) is 96.7 Å². The zero-order valence-electron chi connectivity index (χ0n) is 77.9. The number of nitrogens with zero attached hydrogens (tertiary/aromatic N) is 20. The highest BCUT2D eigenvalue weighted by molar-refractivity contribution is 5.94. The molecule has 710 valence electrons. The first kappa shape index (κ1) is 92.1. The molecule has 10 fully saturated rings. The average Bonchev–Trinajstić information content (AvgIpc) is 1.59. The number of pyridine rings is 4. The zero-order valence-corrected chi connectivity index (χ0v) is 77.9. The fourth-order valence-corrected chi connectivity index (χ4v) is 20.3. The molecule has 22 rings (SSSR count). The number of anilines is 8. The van der Waals surface area contributed by atoms with Crippen molar-refractivity contribution in [2.24, 2.45) is 0 Å². The summed E-state index contributed by atoms with van der Waals surface area (Å²) in [6, 6.07) is 40.8. The molecule has 10 aliphatic rings. The second-order valence-electron chi connectivity index (χ2n) is 38.0. The van der Waals surface area contributed by atoms with E-state index in [0.29, 0.717) is 123 Å². The molecule has 2 atom stereocenters. The minimum absolute atomic E-state index is 0.0410. The first-order valence-electron chi connectivity index (χ1n) is 48.1. The lowest BCUT2D eigenvalue weighted by Gasteiger charge is -2.36. The Morgan fingerprint density at radius 3 is 0.822 bits per heavy atom. The van der Waals surface area contributed by atoms with E-state index in [4.69, 9.17) is 38.9 Å². The predicted octanol–water partition coefficient (Wildman–Crippen LogP) is 15.9. The smallest absolute Gasteiger partial charge is 0.170 e. The Bertz CT molecular complexity index is 6020. The third-order valence-corrected chi connectivity index (χ3v) is 29.1. The summed E-state index contributed by atoms with van der Waals surface area (Å²) in [5, 5.41) is 42.1. The maximum Gasteiger partial charge on any atom is 0.170 e. The molecule has 0 radical (unpaired) electrons. The van der Waals surface area contributed by atoms with Crippen LogP contribution in [0.25, 0.3) is 43.6 Å². The maximum atomic E-state index is 15.4. The van der Waals surface area contributed by atoms with Crippen molar-refractivity contribution in [3.05, 3.63) is 192 Å². The van der Waals surface area contributed by atoms with Gasteiger partial charge in [-0.1, -0.05) is 72.8 Å². The molecule has 4 aromatic carbocycles. The first-order valence-corrected chi connectivity index (χ1v) is 48.1. The first-order chi connectivity index (χ1) is 65.6. The van der Waals surface area contributed by atoms with Crippen molar-refractivity contribution in [1.29, 1.82) is 0 Å². The molecule has 12 aromatic rings. The number of halogens is 4. The molecule has 135 heavy (non-hydrogen) atoms. The highest BCUT2D eigenvalue weighted by Gasteiger charge is 2.52. The standard InChI is InChI=1S/2C26H30FN5O2.C26H32FN5O2.C25H30FN5O2/c2*1-34-22-5-3-2-4-19(22)17-6-11-31(12-7-17)24-20-14-23(32-13-8-18(33)16-32)28-15-21(20)29-25(30-24)26(27)9-10-26;1-31(14-15-33)23-16-20-21(17-28-23)29-25(26(27)10-5-11-26)30-24(20)32-12-8-18(9-13-32)19-6-3-4-7-22(19)34-2;1-30(13-14-32)22-15-19-20(16-27-22)28-24(25(26)9-10-25)29-23(19)31-11-7-17(8-12-31)18-5-3-4-6-21(18)33-2/h2*2-5,14-15,17-18,33H,6-13,16H2,1H3;3-4,6-7,16-18,33H,5,8-15H2,1-2H3;3-6,15-17,32H,7-14H2,1-2H3/t2*18-;;/m10../s1. The minimum atomic E-state index is -1.44. The molecule has 0 bridgehead atoms. The van der Waals surface area contributed by atoms with Gasteiger partial charge in [0, 0.05) is 127 Å². The van der Waals surface area contributed by atoms with Crippen LogP contribution in [0.5, 0.6) is 23.0 Å². The third-order valence-electron chi connectivity index (χ3n) is 29.1. The second kappa shape index (κ2) is 39.4. The van der Waals surface area contributed by atoms with Crippen LogP contribution in [-0.4, -0.2) is 240 Å². The number of rotatable bonds is 24. The number of benzene rings is 4.